The molecule has 0 saturated carbocycles. The summed E-state index contributed by atoms with van der Waals surface area (Å²) in [6, 6.07) is 15.0. The molecular formula is C21H28N4O3. The van der Waals surface area contributed by atoms with Crippen LogP contribution >= 0.6 is 0 Å². The van der Waals surface area contributed by atoms with E-state index in [2.05, 4.69) is 45.1 Å². The van der Waals surface area contributed by atoms with Gasteiger partial charge in [-0.2, -0.15) is 0 Å². The maximum atomic E-state index is 12.3. The molecule has 7 nitrogen and oxygen atoms in total. The standard InChI is InChI=1S/C21H28N4O3/c1-15-8-10-16(11-9-15)19(25(2)3)13-22-21(27)24-18-7-5-6-17(12-18)23-20(26)14-28-4/h5-12,19H,13-14H2,1-4H3,(H,23,26)(H2,22,24,27). The minimum Gasteiger partial charge on any atom is -0.375 e. The van der Waals surface area contributed by atoms with Crippen LogP contribution in [0.25, 0.3) is 0 Å². The maximum Gasteiger partial charge on any atom is 0.319 e. The Hall–Kier alpha value is -2.90. The summed E-state index contributed by atoms with van der Waals surface area (Å²) >= 11 is 0. The van der Waals surface area contributed by atoms with Gasteiger partial charge in [0.2, 0.25) is 5.91 Å². The molecule has 3 amide bonds. The van der Waals surface area contributed by atoms with E-state index in [0.29, 0.717) is 17.9 Å². The average Bonchev–Trinajstić information content (AvgIpc) is 2.63. The van der Waals surface area contributed by atoms with E-state index < -0.39 is 0 Å². The van der Waals surface area contributed by atoms with Crippen LogP contribution in [0.2, 0.25) is 0 Å². The van der Waals surface area contributed by atoms with Crippen LogP contribution in [-0.2, 0) is 9.53 Å². The summed E-state index contributed by atoms with van der Waals surface area (Å²) in [6.07, 6.45) is 0. The summed E-state index contributed by atoms with van der Waals surface area (Å²) in [5, 5.41) is 8.40. The van der Waals surface area contributed by atoms with E-state index >= 15 is 0 Å². The quantitative estimate of drug-likeness (QED) is 0.653. The fourth-order valence-corrected chi connectivity index (χ4v) is 2.75. The molecule has 1 atom stereocenters. The topological polar surface area (TPSA) is 82.7 Å². The van der Waals surface area contributed by atoms with Gasteiger partial charge in [0.25, 0.3) is 0 Å². The highest BCUT2D eigenvalue weighted by Gasteiger charge is 2.15. The molecule has 0 bridgehead atoms. The van der Waals surface area contributed by atoms with Gasteiger partial charge in [0.05, 0.1) is 6.04 Å². The van der Waals surface area contributed by atoms with Gasteiger partial charge in [0.1, 0.15) is 6.61 Å². The van der Waals surface area contributed by atoms with E-state index in [1.807, 2.05) is 21.0 Å². The number of carbonyl (C=O) groups is 2. The third-order valence-electron chi connectivity index (χ3n) is 4.22. The maximum absolute atomic E-state index is 12.3. The molecule has 0 heterocycles. The van der Waals surface area contributed by atoms with Crippen LogP contribution in [0.5, 0.6) is 0 Å². The zero-order valence-electron chi connectivity index (χ0n) is 16.8. The van der Waals surface area contributed by atoms with Gasteiger partial charge >= 0.3 is 6.03 Å². The second-order valence-corrected chi connectivity index (χ2v) is 6.79. The van der Waals surface area contributed by atoms with Crippen molar-refractivity contribution in [3.05, 3.63) is 59.7 Å². The molecule has 7 heteroatoms. The fourth-order valence-electron chi connectivity index (χ4n) is 2.75. The minimum absolute atomic E-state index is 0.0247. The Bertz CT molecular complexity index is 790. The number of benzene rings is 2. The summed E-state index contributed by atoms with van der Waals surface area (Å²) in [5.41, 5.74) is 3.51. The number of hydrogen-bond acceptors (Lipinski definition) is 4. The first kappa shape index (κ1) is 21.4. The number of likely N-dealkylation sites (N-methyl/N-ethyl adjacent to an activating group) is 1. The molecule has 0 fully saturated rings. The first-order chi connectivity index (χ1) is 13.4. The van der Waals surface area contributed by atoms with Gasteiger partial charge in [-0.3, -0.25) is 4.79 Å². The number of nitrogens with one attached hydrogen (secondary N) is 3. The van der Waals surface area contributed by atoms with Crippen molar-refractivity contribution in [3.63, 3.8) is 0 Å². The summed E-state index contributed by atoms with van der Waals surface area (Å²) in [7, 11) is 5.42. The van der Waals surface area contributed by atoms with E-state index in [9.17, 15) is 9.59 Å². The molecule has 28 heavy (non-hydrogen) atoms. The molecule has 2 rings (SSSR count). The van der Waals surface area contributed by atoms with E-state index in [-0.39, 0.29) is 24.6 Å². The van der Waals surface area contributed by atoms with Crippen LogP contribution in [0, 0.1) is 6.92 Å². The molecule has 2 aromatic carbocycles. The first-order valence-corrected chi connectivity index (χ1v) is 9.05. The van der Waals surface area contributed by atoms with Crippen LogP contribution in [-0.4, -0.2) is 51.2 Å². The van der Waals surface area contributed by atoms with Gasteiger partial charge in [-0.25, -0.2) is 4.79 Å². The highest BCUT2D eigenvalue weighted by molar-refractivity contribution is 5.94. The Labute approximate surface area is 166 Å². The largest absolute Gasteiger partial charge is 0.375 e. The first-order valence-electron chi connectivity index (χ1n) is 9.05. The normalized spacial score (nSPS) is 11.8. The van der Waals surface area contributed by atoms with Crippen LogP contribution in [0.1, 0.15) is 17.2 Å². The number of rotatable bonds is 8. The number of amides is 3. The molecule has 0 aliphatic rings. The van der Waals surface area contributed by atoms with Gasteiger partial charge in [-0.15, -0.1) is 0 Å². The van der Waals surface area contributed by atoms with Gasteiger partial charge in [-0.05, 0) is 44.8 Å². The van der Waals surface area contributed by atoms with Gasteiger partial charge in [0.15, 0.2) is 0 Å². The second kappa shape index (κ2) is 10.4. The molecule has 0 aliphatic carbocycles. The molecule has 0 spiro atoms. The Morgan fingerprint density at radius 1 is 1.04 bits per heavy atom. The zero-order chi connectivity index (χ0) is 20.5. The average molecular weight is 384 g/mol. The van der Waals surface area contributed by atoms with E-state index in [1.54, 1.807) is 24.3 Å². The van der Waals surface area contributed by atoms with Crippen molar-refractivity contribution in [2.45, 2.75) is 13.0 Å². The summed E-state index contributed by atoms with van der Waals surface area (Å²) in [6.45, 7) is 2.49. The lowest BCUT2D eigenvalue weighted by Gasteiger charge is -2.25. The molecule has 150 valence electrons. The summed E-state index contributed by atoms with van der Waals surface area (Å²) in [5.74, 6) is -0.254. The SMILES string of the molecule is COCC(=O)Nc1cccc(NC(=O)NCC(c2ccc(C)cc2)N(C)C)c1. The predicted octanol–water partition coefficient (Wildman–Crippen LogP) is 3.00. The van der Waals surface area contributed by atoms with Crippen molar-refractivity contribution < 1.29 is 14.3 Å². The van der Waals surface area contributed by atoms with Crippen LogP contribution in [0.3, 0.4) is 0 Å². The van der Waals surface area contributed by atoms with Gasteiger partial charge in [0, 0.05) is 25.0 Å². The number of hydrogen-bond donors (Lipinski definition) is 3. The van der Waals surface area contributed by atoms with Crippen molar-refractivity contribution in [1.82, 2.24) is 10.2 Å². The Kier molecular flexibility index (Phi) is 7.98. The lowest BCUT2D eigenvalue weighted by Crippen LogP contribution is -2.36. The highest BCUT2D eigenvalue weighted by Crippen LogP contribution is 2.18. The van der Waals surface area contributed by atoms with E-state index in [0.717, 1.165) is 5.56 Å². The number of ether oxygens (including phenoxy) is 1. The molecule has 0 aromatic heterocycles. The number of anilines is 2. The highest BCUT2D eigenvalue weighted by atomic mass is 16.5. The van der Waals surface area contributed by atoms with Gasteiger partial charge in [-0.1, -0.05) is 35.9 Å². The second-order valence-electron chi connectivity index (χ2n) is 6.79. The molecule has 0 radical (unpaired) electrons. The lowest BCUT2D eigenvalue weighted by atomic mass is 10.0. The molecule has 1 unspecified atom stereocenters. The predicted molar refractivity (Wildman–Crippen MR) is 112 cm³/mol. The fraction of sp³-hybridized carbons (Fsp3) is 0.333. The molecule has 2 aromatic rings. The smallest absolute Gasteiger partial charge is 0.319 e. The number of aryl methyl sites for hydroxylation is 1. The van der Waals surface area contributed by atoms with Crippen LogP contribution < -0.4 is 16.0 Å². The van der Waals surface area contributed by atoms with Crippen LogP contribution in [0.15, 0.2) is 48.5 Å². The van der Waals surface area contributed by atoms with Crippen molar-refractivity contribution in [3.8, 4) is 0 Å². The summed E-state index contributed by atoms with van der Waals surface area (Å²) < 4.78 is 4.79. The lowest BCUT2D eigenvalue weighted by molar-refractivity contribution is -0.119. The number of methoxy groups -OCH3 is 1. The zero-order valence-corrected chi connectivity index (χ0v) is 16.8. The van der Waals surface area contributed by atoms with Crippen molar-refractivity contribution in [2.24, 2.45) is 0 Å². The molecular weight excluding hydrogens is 356 g/mol. The van der Waals surface area contributed by atoms with E-state index in [4.69, 9.17) is 4.74 Å². The van der Waals surface area contributed by atoms with Crippen molar-refractivity contribution >= 4 is 23.3 Å². The Morgan fingerprint density at radius 3 is 2.29 bits per heavy atom. The van der Waals surface area contributed by atoms with Crippen LogP contribution in [0.4, 0.5) is 16.2 Å². The summed E-state index contributed by atoms with van der Waals surface area (Å²) in [4.78, 5) is 26.0. The van der Waals surface area contributed by atoms with Crippen molar-refractivity contribution in [2.75, 3.05) is 45.0 Å². The molecule has 0 aliphatic heterocycles. The number of nitrogens with zero attached hydrogens (tertiary/aromatic N) is 1. The van der Waals surface area contributed by atoms with Crippen molar-refractivity contribution in [1.29, 1.82) is 0 Å². The minimum atomic E-state index is -0.306. The monoisotopic (exact) mass is 384 g/mol. The third kappa shape index (κ3) is 6.68. The number of carbonyl (C=O) groups excluding carboxylic acids is 2. The number of urea groups is 1. The molecule has 3 N–H and O–H groups in total. The van der Waals surface area contributed by atoms with E-state index in [1.165, 1.54) is 12.7 Å². The third-order valence-corrected chi connectivity index (χ3v) is 4.22. The van der Waals surface area contributed by atoms with Gasteiger partial charge < -0.3 is 25.6 Å². The molecule has 0 saturated heterocycles. The Balaban J connectivity index is 1.93. The Morgan fingerprint density at radius 2 is 1.68 bits per heavy atom.